The Labute approximate surface area is 126 Å². The first kappa shape index (κ1) is 14.3. The van der Waals surface area contributed by atoms with Crippen molar-refractivity contribution < 1.29 is 18.3 Å². The molecule has 22 heavy (non-hydrogen) atoms. The summed E-state index contributed by atoms with van der Waals surface area (Å²) < 4.78 is 24.5. The van der Waals surface area contributed by atoms with Gasteiger partial charge in [-0.2, -0.15) is 0 Å². The van der Waals surface area contributed by atoms with Crippen molar-refractivity contribution in [3.8, 4) is 11.3 Å². The molecule has 0 saturated heterocycles. The largest absolute Gasteiger partial charge is 0.475 e. The molecule has 3 aromatic rings. The summed E-state index contributed by atoms with van der Waals surface area (Å²) >= 11 is 0. The summed E-state index contributed by atoms with van der Waals surface area (Å²) in [5.74, 6) is -1.21. The van der Waals surface area contributed by atoms with Gasteiger partial charge in [-0.25, -0.2) is 18.2 Å². The van der Waals surface area contributed by atoms with Crippen LogP contribution >= 0.6 is 0 Å². The standard InChI is InChI=1S/C15H12N2O4S/c1-22(20,21)11-7-5-10(6-8-11)13-12-4-2-3-9-17(12)14(16-13)15(18)19/h2-9H,1H3,(H,18,19). The van der Waals surface area contributed by atoms with Crippen LogP contribution in [0.15, 0.2) is 53.6 Å². The van der Waals surface area contributed by atoms with E-state index in [1.165, 1.54) is 16.5 Å². The zero-order valence-corrected chi connectivity index (χ0v) is 12.4. The smallest absolute Gasteiger partial charge is 0.372 e. The fourth-order valence-corrected chi connectivity index (χ4v) is 2.89. The van der Waals surface area contributed by atoms with Crippen LogP contribution in [0.4, 0.5) is 0 Å². The lowest BCUT2D eigenvalue weighted by Gasteiger charge is -2.01. The summed E-state index contributed by atoms with van der Waals surface area (Å²) in [6.45, 7) is 0. The van der Waals surface area contributed by atoms with Crippen LogP contribution in [-0.4, -0.2) is 35.1 Å². The third-order valence-electron chi connectivity index (χ3n) is 3.30. The second kappa shape index (κ2) is 4.96. The Balaban J connectivity index is 2.20. The molecular formula is C15H12N2O4S. The van der Waals surface area contributed by atoms with E-state index in [-0.39, 0.29) is 10.7 Å². The highest BCUT2D eigenvalue weighted by molar-refractivity contribution is 7.90. The number of benzene rings is 1. The summed E-state index contributed by atoms with van der Waals surface area (Å²) in [6.07, 6.45) is 2.76. The minimum absolute atomic E-state index is 0.0854. The van der Waals surface area contributed by atoms with Crippen molar-refractivity contribution in [3.63, 3.8) is 0 Å². The highest BCUT2D eigenvalue weighted by Gasteiger charge is 2.17. The van der Waals surface area contributed by atoms with Crippen LogP contribution in [-0.2, 0) is 9.84 Å². The van der Waals surface area contributed by atoms with Gasteiger partial charge in [0.2, 0.25) is 5.82 Å². The fourth-order valence-electron chi connectivity index (χ4n) is 2.26. The van der Waals surface area contributed by atoms with E-state index in [2.05, 4.69) is 4.98 Å². The zero-order chi connectivity index (χ0) is 15.9. The first-order valence-electron chi connectivity index (χ1n) is 6.39. The second-order valence-electron chi connectivity index (χ2n) is 4.84. The Kier molecular flexibility index (Phi) is 3.22. The third kappa shape index (κ3) is 2.35. The number of carbonyl (C=O) groups is 1. The Hall–Kier alpha value is -2.67. The van der Waals surface area contributed by atoms with Gasteiger partial charge in [0.05, 0.1) is 16.1 Å². The SMILES string of the molecule is CS(=O)(=O)c1ccc(-c2nc(C(=O)O)n3ccccc23)cc1. The molecule has 3 rings (SSSR count). The maximum Gasteiger partial charge on any atom is 0.372 e. The van der Waals surface area contributed by atoms with Gasteiger partial charge in [0.1, 0.15) is 0 Å². The van der Waals surface area contributed by atoms with E-state index < -0.39 is 15.8 Å². The van der Waals surface area contributed by atoms with Crippen LogP contribution in [0, 0.1) is 0 Å². The third-order valence-corrected chi connectivity index (χ3v) is 4.42. The molecule has 0 saturated carbocycles. The maximum atomic E-state index is 11.5. The number of nitrogens with zero attached hydrogens (tertiary/aromatic N) is 2. The second-order valence-corrected chi connectivity index (χ2v) is 6.86. The monoisotopic (exact) mass is 316 g/mol. The summed E-state index contributed by atoms with van der Waals surface area (Å²) in [4.78, 5) is 15.7. The molecule has 0 bridgehead atoms. The first-order chi connectivity index (χ1) is 10.4. The molecule has 0 aliphatic carbocycles. The number of aromatic nitrogens is 2. The molecule has 0 amide bonds. The lowest BCUT2D eigenvalue weighted by atomic mass is 10.1. The van der Waals surface area contributed by atoms with Crippen LogP contribution < -0.4 is 0 Å². The number of carboxylic acid groups (broad SMARTS) is 1. The topological polar surface area (TPSA) is 88.7 Å². The molecule has 1 N–H and O–H groups in total. The lowest BCUT2D eigenvalue weighted by Crippen LogP contribution is -2.02. The van der Waals surface area contributed by atoms with Crippen molar-refractivity contribution in [1.29, 1.82) is 0 Å². The van der Waals surface area contributed by atoms with Crippen LogP contribution in [0.1, 0.15) is 10.6 Å². The highest BCUT2D eigenvalue weighted by Crippen LogP contribution is 2.26. The number of sulfone groups is 1. The molecule has 0 aliphatic rings. The molecule has 0 unspecified atom stereocenters. The maximum absolute atomic E-state index is 11.5. The van der Waals surface area contributed by atoms with E-state index in [0.717, 1.165) is 6.26 Å². The lowest BCUT2D eigenvalue weighted by molar-refractivity contribution is 0.0683. The summed E-state index contributed by atoms with van der Waals surface area (Å²) in [6, 6.07) is 11.5. The van der Waals surface area contributed by atoms with Crippen LogP contribution in [0.3, 0.4) is 0 Å². The number of hydrogen-bond acceptors (Lipinski definition) is 4. The predicted octanol–water partition coefficient (Wildman–Crippen LogP) is 2.10. The Morgan fingerprint density at radius 2 is 1.82 bits per heavy atom. The fraction of sp³-hybridized carbons (Fsp3) is 0.0667. The molecule has 6 nitrogen and oxygen atoms in total. The van der Waals surface area contributed by atoms with Gasteiger partial charge in [0.25, 0.3) is 0 Å². The first-order valence-corrected chi connectivity index (χ1v) is 8.28. The molecule has 7 heteroatoms. The Morgan fingerprint density at radius 1 is 1.14 bits per heavy atom. The molecule has 1 aromatic carbocycles. The van der Waals surface area contributed by atoms with Crippen LogP contribution in [0.5, 0.6) is 0 Å². The van der Waals surface area contributed by atoms with Gasteiger partial charge in [0.15, 0.2) is 9.84 Å². The zero-order valence-electron chi connectivity index (χ0n) is 11.6. The summed E-state index contributed by atoms with van der Waals surface area (Å²) in [7, 11) is -3.27. The quantitative estimate of drug-likeness (QED) is 0.799. The van der Waals surface area contributed by atoms with E-state index in [1.807, 2.05) is 0 Å². The predicted molar refractivity (Wildman–Crippen MR) is 80.7 cm³/mol. The van der Waals surface area contributed by atoms with Crippen molar-refractivity contribution in [2.75, 3.05) is 6.26 Å². The number of pyridine rings is 1. The van der Waals surface area contributed by atoms with Gasteiger partial charge in [-0.3, -0.25) is 4.40 Å². The van der Waals surface area contributed by atoms with E-state index >= 15 is 0 Å². The van der Waals surface area contributed by atoms with Crippen molar-refractivity contribution in [2.24, 2.45) is 0 Å². The molecule has 0 radical (unpaired) electrons. The molecule has 0 aliphatic heterocycles. The van der Waals surface area contributed by atoms with Crippen molar-refractivity contribution in [1.82, 2.24) is 9.38 Å². The molecular weight excluding hydrogens is 304 g/mol. The van der Waals surface area contributed by atoms with E-state index in [9.17, 15) is 18.3 Å². The van der Waals surface area contributed by atoms with Gasteiger partial charge < -0.3 is 5.11 Å². The van der Waals surface area contributed by atoms with Gasteiger partial charge in [0, 0.05) is 18.0 Å². The van der Waals surface area contributed by atoms with E-state index in [0.29, 0.717) is 16.8 Å². The Bertz CT molecular complexity index is 972. The van der Waals surface area contributed by atoms with Crippen LogP contribution in [0.2, 0.25) is 0 Å². The van der Waals surface area contributed by atoms with Crippen molar-refractivity contribution in [2.45, 2.75) is 4.90 Å². The van der Waals surface area contributed by atoms with Gasteiger partial charge >= 0.3 is 5.97 Å². The summed E-state index contributed by atoms with van der Waals surface area (Å²) in [5.41, 5.74) is 1.80. The molecule has 0 atom stereocenters. The van der Waals surface area contributed by atoms with Crippen molar-refractivity contribution in [3.05, 3.63) is 54.5 Å². The highest BCUT2D eigenvalue weighted by atomic mass is 32.2. The van der Waals surface area contributed by atoms with Gasteiger partial charge in [-0.15, -0.1) is 0 Å². The molecule has 2 aromatic heterocycles. The molecule has 2 heterocycles. The molecule has 0 spiro atoms. The number of fused-ring (bicyclic) bond motifs is 1. The molecule has 112 valence electrons. The van der Waals surface area contributed by atoms with E-state index in [4.69, 9.17) is 0 Å². The average molecular weight is 316 g/mol. The molecule has 0 fully saturated rings. The van der Waals surface area contributed by atoms with Crippen molar-refractivity contribution >= 4 is 21.3 Å². The Morgan fingerprint density at radius 3 is 2.41 bits per heavy atom. The van der Waals surface area contributed by atoms with Crippen LogP contribution in [0.25, 0.3) is 16.8 Å². The number of aromatic carboxylic acids is 1. The van der Waals surface area contributed by atoms with Gasteiger partial charge in [-0.1, -0.05) is 18.2 Å². The summed E-state index contributed by atoms with van der Waals surface area (Å²) in [5, 5.41) is 9.23. The average Bonchev–Trinajstić information content (AvgIpc) is 2.86. The number of carboxylic acids is 1. The number of rotatable bonds is 3. The number of imidazole rings is 1. The number of hydrogen-bond donors (Lipinski definition) is 1. The minimum Gasteiger partial charge on any atom is -0.475 e. The normalized spacial score (nSPS) is 11.7. The van der Waals surface area contributed by atoms with E-state index in [1.54, 1.807) is 36.5 Å². The van der Waals surface area contributed by atoms with Gasteiger partial charge in [-0.05, 0) is 24.3 Å². The minimum atomic E-state index is -3.27.